The third-order valence-corrected chi connectivity index (χ3v) is 3.69. The number of carbonyl (C=O) groups is 2. The molecule has 0 spiro atoms. The van der Waals surface area contributed by atoms with Crippen molar-refractivity contribution >= 4 is 11.9 Å². The molecule has 0 radical (unpaired) electrons. The molecular weight excluding hydrogens is 320 g/mol. The Hall–Kier alpha value is -3.17. The number of ether oxygens (including phenoxy) is 1. The molecule has 0 heterocycles. The van der Waals surface area contributed by atoms with Gasteiger partial charge >= 0.3 is 5.97 Å². The van der Waals surface area contributed by atoms with E-state index in [0.717, 1.165) is 5.56 Å². The van der Waals surface area contributed by atoms with Crippen LogP contribution in [-0.4, -0.2) is 30.1 Å². The predicted octanol–water partition coefficient (Wildman–Crippen LogP) is 1.49. The van der Waals surface area contributed by atoms with Gasteiger partial charge in [0.2, 0.25) is 0 Å². The third-order valence-electron chi connectivity index (χ3n) is 3.69. The molecule has 0 unspecified atom stereocenters. The van der Waals surface area contributed by atoms with E-state index in [2.05, 4.69) is 5.32 Å². The summed E-state index contributed by atoms with van der Waals surface area (Å²) in [5.41, 5.74) is 1.69. The summed E-state index contributed by atoms with van der Waals surface area (Å²) in [6.07, 6.45) is -1.19. The lowest BCUT2D eigenvalue weighted by molar-refractivity contribution is -0.146. The van der Waals surface area contributed by atoms with Crippen LogP contribution in [0.4, 0.5) is 0 Å². The fraction of sp³-hybridized carbons (Fsp3) is 0.211. The molecule has 0 aliphatic carbocycles. The Bertz CT molecular complexity index is 766. The van der Waals surface area contributed by atoms with E-state index in [1.807, 2.05) is 6.07 Å². The van der Waals surface area contributed by atoms with Crippen molar-refractivity contribution in [2.45, 2.75) is 18.6 Å². The van der Waals surface area contributed by atoms with E-state index in [4.69, 9.17) is 10.00 Å². The van der Waals surface area contributed by atoms with Crippen LogP contribution >= 0.6 is 0 Å². The molecule has 6 heteroatoms. The Morgan fingerprint density at radius 2 is 1.80 bits per heavy atom. The smallest absolute Gasteiger partial charge is 0.328 e. The second-order valence-electron chi connectivity index (χ2n) is 5.41. The largest absolute Gasteiger partial charge is 0.467 e. The topological polar surface area (TPSA) is 99.4 Å². The zero-order chi connectivity index (χ0) is 18.2. The van der Waals surface area contributed by atoms with Crippen LogP contribution in [0.25, 0.3) is 0 Å². The monoisotopic (exact) mass is 338 g/mol. The maximum absolute atomic E-state index is 12.3. The summed E-state index contributed by atoms with van der Waals surface area (Å²) in [4.78, 5) is 24.2. The molecule has 1 amide bonds. The van der Waals surface area contributed by atoms with Gasteiger partial charge in [0.25, 0.3) is 5.91 Å². The molecule has 0 aliphatic heterocycles. The van der Waals surface area contributed by atoms with E-state index in [-0.39, 0.29) is 6.42 Å². The van der Waals surface area contributed by atoms with E-state index < -0.39 is 24.0 Å². The summed E-state index contributed by atoms with van der Waals surface area (Å²) >= 11 is 0. The molecule has 128 valence electrons. The van der Waals surface area contributed by atoms with Crippen molar-refractivity contribution in [3.05, 3.63) is 71.3 Å². The Morgan fingerprint density at radius 1 is 1.16 bits per heavy atom. The maximum atomic E-state index is 12.3. The number of hydrogen-bond donors (Lipinski definition) is 2. The van der Waals surface area contributed by atoms with Gasteiger partial charge in [-0.25, -0.2) is 4.79 Å². The molecule has 0 aromatic heterocycles. The van der Waals surface area contributed by atoms with Gasteiger partial charge in [-0.3, -0.25) is 4.79 Å². The number of amides is 1. The van der Waals surface area contributed by atoms with Crippen LogP contribution in [0.15, 0.2) is 54.6 Å². The number of hydrogen-bond acceptors (Lipinski definition) is 5. The van der Waals surface area contributed by atoms with Crippen molar-refractivity contribution in [3.8, 4) is 6.07 Å². The lowest BCUT2D eigenvalue weighted by atomic mass is 10.0. The van der Waals surface area contributed by atoms with E-state index in [9.17, 15) is 14.7 Å². The number of aliphatic hydroxyl groups is 1. The number of benzene rings is 2. The van der Waals surface area contributed by atoms with Gasteiger partial charge < -0.3 is 15.2 Å². The van der Waals surface area contributed by atoms with Crippen molar-refractivity contribution in [1.29, 1.82) is 5.26 Å². The highest BCUT2D eigenvalue weighted by Crippen LogP contribution is 2.13. The average Bonchev–Trinajstić information content (AvgIpc) is 2.67. The van der Waals surface area contributed by atoms with Gasteiger partial charge in [-0.2, -0.15) is 5.26 Å². The Balaban J connectivity index is 2.10. The van der Waals surface area contributed by atoms with Crippen molar-refractivity contribution < 1.29 is 19.4 Å². The van der Waals surface area contributed by atoms with Crippen molar-refractivity contribution in [1.82, 2.24) is 5.32 Å². The predicted molar refractivity (Wildman–Crippen MR) is 90.2 cm³/mol. The van der Waals surface area contributed by atoms with Gasteiger partial charge in [-0.05, 0) is 23.3 Å². The molecule has 2 aromatic carbocycles. The van der Waals surface area contributed by atoms with Crippen molar-refractivity contribution in [2.24, 2.45) is 0 Å². The molecular formula is C19H18N2O4. The summed E-state index contributed by atoms with van der Waals surface area (Å²) in [6, 6.07) is 16.2. The van der Waals surface area contributed by atoms with Crippen LogP contribution in [0, 0.1) is 11.3 Å². The van der Waals surface area contributed by atoms with Gasteiger partial charge in [0.1, 0.15) is 6.04 Å². The summed E-state index contributed by atoms with van der Waals surface area (Å²) in [6.45, 7) is 0. The number of aliphatic hydroxyl groups excluding tert-OH is 1. The summed E-state index contributed by atoms with van der Waals surface area (Å²) in [7, 11) is 1.23. The van der Waals surface area contributed by atoms with Gasteiger partial charge in [0.15, 0.2) is 6.10 Å². The van der Waals surface area contributed by atoms with Crippen LogP contribution in [-0.2, 0) is 20.7 Å². The molecule has 2 rings (SSSR count). The van der Waals surface area contributed by atoms with Crippen LogP contribution in [0.5, 0.6) is 0 Å². The average molecular weight is 338 g/mol. The second-order valence-corrected chi connectivity index (χ2v) is 5.41. The minimum absolute atomic E-state index is 0.186. The Labute approximate surface area is 145 Å². The normalized spacial score (nSPS) is 12.5. The lowest BCUT2D eigenvalue weighted by Gasteiger charge is -2.19. The first kappa shape index (κ1) is 18.2. The summed E-state index contributed by atoms with van der Waals surface area (Å²) in [5.74, 6) is -1.30. The Morgan fingerprint density at radius 3 is 2.36 bits per heavy atom. The van der Waals surface area contributed by atoms with Crippen LogP contribution < -0.4 is 5.32 Å². The highest BCUT2D eigenvalue weighted by Gasteiger charge is 2.26. The van der Waals surface area contributed by atoms with E-state index >= 15 is 0 Å². The van der Waals surface area contributed by atoms with Crippen LogP contribution in [0.1, 0.15) is 22.8 Å². The number of nitrogens with zero attached hydrogens (tertiary/aromatic N) is 1. The SMILES string of the molecule is COC(=O)[C@H](Cc1ccc(C#N)cc1)NC(=O)[C@@H](O)c1ccccc1. The molecule has 0 saturated carbocycles. The molecule has 2 aromatic rings. The zero-order valence-electron chi connectivity index (χ0n) is 13.7. The number of rotatable bonds is 6. The molecule has 2 atom stereocenters. The first-order chi connectivity index (χ1) is 12.0. The number of nitriles is 1. The maximum Gasteiger partial charge on any atom is 0.328 e. The lowest BCUT2D eigenvalue weighted by Crippen LogP contribution is -2.45. The quantitative estimate of drug-likeness (QED) is 0.778. The van der Waals surface area contributed by atoms with Crippen molar-refractivity contribution in [3.63, 3.8) is 0 Å². The fourth-order valence-corrected chi connectivity index (χ4v) is 2.32. The molecule has 0 saturated heterocycles. The van der Waals surface area contributed by atoms with Gasteiger partial charge in [0, 0.05) is 6.42 Å². The van der Waals surface area contributed by atoms with Gasteiger partial charge in [-0.15, -0.1) is 0 Å². The summed E-state index contributed by atoms with van der Waals surface area (Å²) in [5, 5.41) is 21.5. The first-order valence-corrected chi connectivity index (χ1v) is 7.65. The molecule has 0 fully saturated rings. The Kier molecular flexibility index (Phi) is 6.26. The van der Waals surface area contributed by atoms with Gasteiger partial charge in [0.05, 0.1) is 18.7 Å². The zero-order valence-corrected chi connectivity index (χ0v) is 13.7. The number of esters is 1. The van der Waals surface area contributed by atoms with Crippen molar-refractivity contribution in [2.75, 3.05) is 7.11 Å². The van der Waals surface area contributed by atoms with E-state index in [1.54, 1.807) is 54.6 Å². The molecule has 0 bridgehead atoms. The highest BCUT2D eigenvalue weighted by atomic mass is 16.5. The number of nitrogens with one attached hydrogen (secondary N) is 1. The number of methoxy groups -OCH3 is 1. The van der Waals surface area contributed by atoms with Crippen LogP contribution in [0.2, 0.25) is 0 Å². The van der Waals surface area contributed by atoms with E-state index in [0.29, 0.717) is 11.1 Å². The molecule has 2 N–H and O–H groups in total. The number of carbonyl (C=O) groups excluding carboxylic acids is 2. The first-order valence-electron chi connectivity index (χ1n) is 7.65. The molecule has 6 nitrogen and oxygen atoms in total. The third kappa shape index (κ3) is 4.90. The molecule has 0 aliphatic rings. The summed E-state index contributed by atoms with van der Waals surface area (Å²) < 4.78 is 4.73. The van der Waals surface area contributed by atoms with Gasteiger partial charge in [-0.1, -0.05) is 42.5 Å². The van der Waals surface area contributed by atoms with Crippen LogP contribution in [0.3, 0.4) is 0 Å². The second kappa shape index (κ2) is 8.62. The standard InChI is InChI=1S/C19H18N2O4/c1-25-19(24)16(11-13-7-9-14(12-20)10-8-13)21-18(23)17(22)15-5-3-2-4-6-15/h2-10,16-17,22H,11H2,1H3,(H,21,23)/t16-,17-/m0/s1. The molecule has 25 heavy (non-hydrogen) atoms. The minimum Gasteiger partial charge on any atom is -0.467 e. The minimum atomic E-state index is -1.38. The fourth-order valence-electron chi connectivity index (χ4n) is 2.32. The highest BCUT2D eigenvalue weighted by molar-refractivity contribution is 5.87. The van der Waals surface area contributed by atoms with E-state index in [1.165, 1.54) is 7.11 Å².